The van der Waals surface area contributed by atoms with Gasteiger partial charge in [0.1, 0.15) is 11.5 Å². The standard InChI is InChI=1S/C30H34N2O6/c1-5-17-36-25-14-10-24(11-15-25)30(34)38-27-16-7-22(18-28(27)35-6-2)19-31-32-29(33)20-37-26-12-8-23(9-13-26)21(3)4/h7-16,18-19,21H,5-6,17,20H2,1-4H3,(H,32,33)/b31-19+. The topological polar surface area (TPSA) is 95.5 Å². The molecule has 0 unspecified atom stereocenters. The van der Waals surface area contributed by atoms with Crippen molar-refractivity contribution in [1.82, 2.24) is 5.43 Å². The lowest BCUT2D eigenvalue weighted by Gasteiger charge is -2.12. The van der Waals surface area contributed by atoms with Crippen molar-refractivity contribution >= 4 is 18.1 Å². The molecule has 0 aliphatic heterocycles. The van der Waals surface area contributed by atoms with Crippen molar-refractivity contribution in [2.45, 2.75) is 40.0 Å². The van der Waals surface area contributed by atoms with E-state index in [1.54, 1.807) is 42.5 Å². The van der Waals surface area contributed by atoms with Crippen LogP contribution in [-0.2, 0) is 4.79 Å². The molecule has 200 valence electrons. The van der Waals surface area contributed by atoms with Gasteiger partial charge in [0.2, 0.25) is 0 Å². The van der Waals surface area contributed by atoms with E-state index in [9.17, 15) is 9.59 Å². The zero-order valence-corrected chi connectivity index (χ0v) is 22.2. The molecule has 0 saturated heterocycles. The van der Waals surface area contributed by atoms with Gasteiger partial charge in [0.05, 0.1) is 25.0 Å². The molecule has 0 fully saturated rings. The maximum atomic E-state index is 12.6. The van der Waals surface area contributed by atoms with Gasteiger partial charge in [-0.3, -0.25) is 4.79 Å². The Hall–Kier alpha value is -4.33. The van der Waals surface area contributed by atoms with Gasteiger partial charge in [0, 0.05) is 0 Å². The predicted octanol–water partition coefficient (Wildman–Crippen LogP) is 5.75. The van der Waals surface area contributed by atoms with Crippen LogP contribution in [-0.4, -0.2) is 37.9 Å². The van der Waals surface area contributed by atoms with Crippen molar-refractivity contribution in [3.05, 3.63) is 83.4 Å². The van der Waals surface area contributed by atoms with Crippen molar-refractivity contribution < 1.29 is 28.5 Å². The Labute approximate surface area is 223 Å². The number of amides is 1. The third-order valence-corrected chi connectivity index (χ3v) is 5.35. The van der Waals surface area contributed by atoms with Crippen molar-refractivity contribution in [2.75, 3.05) is 19.8 Å². The van der Waals surface area contributed by atoms with E-state index in [0.717, 1.165) is 6.42 Å². The summed E-state index contributed by atoms with van der Waals surface area (Å²) in [6.07, 6.45) is 2.37. The molecule has 3 aromatic rings. The molecule has 0 aromatic heterocycles. The number of hydrogen-bond acceptors (Lipinski definition) is 7. The van der Waals surface area contributed by atoms with Crippen LogP contribution in [0.3, 0.4) is 0 Å². The molecule has 0 saturated carbocycles. The van der Waals surface area contributed by atoms with E-state index in [0.29, 0.717) is 47.5 Å². The van der Waals surface area contributed by atoms with E-state index in [1.807, 2.05) is 38.1 Å². The van der Waals surface area contributed by atoms with E-state index >= 15 is 0 Å². The van der Waals surface area contributed by atoms with E-state index in [1.165, 1.54) is 11.8 Å². The summed E-state index contributed by atoms with van der Waals surface area (Å²) in [5.41, 5.74) is 4.68. The van der Waals surface area contributed by atoms with Crippen LogP contribution in [0.4, 0.5) is 0 Å². The fourth-order valence-electron chi connectivity index (χ4n) is 3.33. The fourth-order valence-corrected chi connectivity index (χ4v) is 3.33. The average Bonchev–Trinajstić information content (AvgIpc) is 2.92. The number of nitrogens with one attached hydrogen (secondary N) is 1. The second-order valence-corrected chi connectivity index (χ2v) is 8.71. The molecule has 0 aliphatic rings. The largest absolute Gasteiger partial charge is 0.494 e. The minimum absolute atomic E-state index is 0.164. The van der Waals surface area contributed by atoms with Crippen molar-refractivity contribution in [3.63, 3.8) is 0 Å². The molecule has 3 aromatic carbocycles. The van der Waals surface area contributed by atoms with Crippen LogP contribution in [0.2, 0.25) is 0 Å². The number of rotatable bonds is 13. The third-order valence-electron chi connectivity index (χ3n) is 5.35. The van der Waals surface area contributed by atoms with Gasteiger partial charge in [-0.1, -0.05) is 32.9 Å². The highest BCUT2D eigenvalue weighted by atomic mass is 16.6. The van der Waals surface area contributed by atoms with Crippen LogP contribution in [0.1, 0.15) is 61.5 Å². The van der Waals surface area contributed by atoms with E-state index in [-0.39, 0.29) is 12.4 Å². The molecule has 1 amide bonds. The summed E-state index contributed by atoms with van der Waals surface area (Å²) in [7, 11) is 0. The maximum absolute atomic E-state index is 12.6. The van der Waals surface area contributed by atoms with Crippen LogP contribution < -0.4 is 24.4 Å². The highest BCUT2D eigenvalue weighted by Gasteiger charge is 2.14. The molecule has 8 nitrogen and oxygen atoms in total. The Bertz CT molecular complexity index is 1220. The zero-order valence-electron chi connectivity index (χ0n) is 22.2. The predicted molar refractivity (Wildman–Crippen MR) is 147 cm³/mol. The molecular formula is C30H34N2O6. The lowest BCUT2D eigenvalue weighted by molar-refractivity contribution is -0.123. The average molecular weight is 519 g/mol. The Morgan fingerprint density at radius 3 is 2.21 bits per heavy atom. The van der Waals surface area contributed by atoms with Gasteiger partial charge in [-0.2, -0.15) is 5.10 Å². The number of esters is 1. The van der Waals surface area contributed by atoms with Crippen LogP contribution >= 0.6 is 0 Å². The monoisotopic (exact) mass is 518 g/mol. The lowest BCUT2D eigenvalue weighted by atomic mass is 10.0. The first-order valence-electron chi connectivity index (χ1n) is 12.7. The Morgan fingerprint density at radius 2 is 1.55 bits per heavy atom. The van der Waals surface area contributed by atoms with Crippen LogP contribution in [0.5, 0.6) is 23.0 Å². The lowest BCUT2D eigenvalue weighted by Crippen LogP contribution is -2.24. The molecule has 38 heavy (non-hydrogen) atoms. The molecule has 0 bridgehead atoms. The minimum Gasteiger partial charge on any atom is -0.494 e. The first kappa shape index (κ1) is 28.2. The van der Waals surface area contributed by atoms with Gasteiger partial charge in [0.15, 0.2) is 18.1 Å². The van der Waals surface area contributed by atoms with Crippen LogP contribution in [0.25, 0.3) is 0 Å². The minimum atomic E-state index is -0.513. The molecule has 8 heteroatoms. The van der Waals surface area contributed by atoms with Crippen LogP contribution in [0.15, 0.2) is 71.8 Å². The van der Waals surface area contributed by atoms with Crippen molar-refractivity contribution in [3.8, 4) is 23.0 Å². The summed E-state index contributed by atoms with van der Waals surface area (Å²) in [5, 5.41) is 3.98. The van der Waals surface area contributed by atoms with Gasteiger partial charge in [-0.15, -0.1) is 0 Å². The second kappa shape index (κ2) is 14.4. The number of hydrogen-bond donors (Lipinski definition) is 1. The number of nitrogens with zero attached hydrogens (tertiary/aromatic N) is 1. The van der Waals surface area contributed by atoms with Gasteiger partial charge in [0.25, 0.3) is 5.91 Å². The van der Waals surface area contributed by atoms with E-state index in [4.69, 9.17) is 18.9 Å². The molecule has 0 atom stereocenters. The maximum Gasteiger partial charge on any atom is 0.343 e. The molecule has 0 aliphatic carbocycles. The Kier molecular flexibility index (Phi) is 10.7. The summed E-state index contributed by atoms with van der Waals surface area (Å²) in [5.74, 6) is 1.49. The molecule has 0 radical (unpaired) electrons. The van der Waals surface area contributed by atoms with Gasteiger partial charge in [-0.25, -0.2) is 10.2 Å². The number of hydrazone groups is 1. The number of benzene rings is 3. The summed E-state index contributed by atoms with van der Waals surface area (Å²) in [6, 6.07) is 19.4. The number of carbonyl (C=O) groups excluding carboxylic acids is 2. The number of ether oxygens (including phenoxy) is 4. The summed E-state index contributed by atoms with van der Waals surface area (Å²) >= 11 is 0. The molecule has 0 heterocycles. The van der Waals surface area contributed by atoms with Gasteiger partial charge >= 0.3 is 5.97 Å². The van der Waals surface area contributed by atoms with Crippen molar-refractivity contribution in [2.24, 2.45) is 5.10 Å². The first-order valence-corrected chi connectivity index (χ1v) is 12.7. The molecule has 1 N–H and O–H groups in total. The summed E-state index contributed by atoms with van der Waals surface area (Å²) < 4.78 is 22.3. The quantitative estimate of drug-likeness (QED) is 0.134. The van der Waals surface area contributed by atoms with Crippen LogP contribution in [0, 0.1) is 0 Å². The molecular weight excluding hydrogens is 484 g/mol. The Balaban J connectivity index is 1.55. The SMILES string of the molecule is CCCOc1ccc(C(=O)Oc2ccc(/C=N/NC(=O)COc3ccc(C(C)C)cc3)cc2OCC)cc1. The highest BCUT2D eigenvalue weighted by molar-refractivity contribution is 5.92. The van der Waals surface area contributed by atoms with E-state index in [2.05, 4.69) is 24.4 Å². The first-order chi connectivity index (χ1) is 18.4. The van der Waals surface area contributed by atoms with Gasteiger partial charge in [-0.05, 0) is 85.0 Å². The molecule has 3 rings (SSSR count). The second-order valence-electron chi connectivity index (χ2n) is 8.71. The zero-order chi connectivity index (χ0) is 27.3. The third kappa shape index (κ3) is 8.65. The normalized spacial score (nSPS) is 10.9. The highest BCUT2D eigenvalue weighted by Crippen LogP contribution is 2.29. The van der Waals surface area contributed by atoms with Gasteiger partial charge < -0.3 is 18.9 Å². The number of carbonyl (C=O) groups is 2. The van der Waals surface area contributed by atoms with E-state index < -0.39 is 11.9 Å². The van der Waals surface area contributed by atoms with Crippen molar-refractivity contribution in [1.29, 1.82) is 0 Å². The molecule has 0 spiro atoms. The Morgan fingerprint density at radius 1 is 0.868 bits per heavy atom. The summed E-state index contributed by atoms with van der Waals surface area (Å²) in [4.78, 5) is 24.7. The summed E-state index contributed by atoms with van der Waals surface area (Å²) in [6.45, 7) is 8.91. The fraction of sp³-hybridized carbons (Fsp3) is 0.300. The smallest absolute Gasteiger partial charge is 0.343 e.